The maximum absolute atomic E-state index is 5.40. The molecule has 0 amide bonds. The summed E-state index contributed by atoms with van der Waals surface area (Å²) < 4.78 is 1.25. The van der Waals surface area contributed by atoms with Crippen molar-refractivity contribution >= 4 is 45.7 Å². The minimum Gasteiger partial charge on any atom is -0.0795 e. The Hall–Kier alpha value is -1.000. The molecule has 0 aliphatic carbocycles. The molecule has 0 spiro atoms. The highest BCUT2D eigenvalue weighted by Crippen LogP contribution is 2.16. The fourth-order valence-corrected chi connectivity index (χ4v) is 2.69. The van der Waals surface area contributed by atoms with Gasteiger partial charge in [0.05, 0.1) is 0 Å². The predicted octanol–water partition coefficient (Wildman–Crippen LogP) is 5.03. The summed E-state index contributed by atoms with van der Waals surface area (Å²) in [6.45, 7) is 2.10. The lowest BCUT2D eigenvalue weighted by Crippen LogP contribution is -1.91. The summed E-state index contributed by atoms with van der Waals surface area (Å²) in [6.07, 6.45) is 4.08. The Morgan fingerprint density at radius 1 is 1.11 bits per heavy atom. The summed E-state index contributed by atoms with van der Waals surface area (Å²) in [5.74, 6) is 0. The Balaban J connectivity index is 2.19. The summed E-state index contributed by atoms with van der Waals surface area (Å²) in [5, 5.41) is 0. The molecule has 0 nitrogen and oxygen atoms in total. The second-order valence-corrected chi connectivity index (χ2v) is 5.69. The number of hydrogen-bond acceptors (Lipinski definition) is 1. The third-order valence-corrected chi connectivity index (χ3v) is 3.93. The molecule has 2 aromatic rings. The number of halogens is 1. The molecule has 0 unspecified atom stereocenters. The van der Waals surface area contributed by atoms with E-state index < -0.39 is 0 Å². The zero-order chi connectivity index (χ0) is 13.0. The van der Waals surface area contributed by atoms with Crippen LogP contribution in [0, 0.1) is 10.5 Å². The van der Waals surface area contributed by atoms with Gasteiger partial charge in [0.25, 0.3) is 0 Å². The van der Waals surface area contributed by atoms with E-state index in [0.29, 0.717) is 0 Å². The minimum absolute atomic E-state index is 0.868. The van der Waals surface area contributed by atoms with Gasteiger partial charge in [-0.15, -0.1) is 0 Å². The summed E-state index contributed by atoms with van der Waals surface area (Å²) in [7, 11) is 0. The Morgan fingerprint density at radius 2 is 1.83 bits per heavy atom. The molecule has 0 aromatic heterocycles. The Kier molecular flexibility index (Phi) is 4.66. The van der Waals surface area contributed by atoms with E-state index >= 15 is 0 Å². The number of allylic oxidation sites excluding steroid dienone is 1. The van der Waals surface area contributed by atoms with Crippen molar-refractivity contribution in [2.45, 2.75) is 6.92 Å². The number of rotatable bonds is 3. The largest absolute Gasteiger partial charge is 0.0795 e. The van der Waals surface area contributed by atoms with Gasteiger partial charge in [-0.3, -0.25) is 0 Å². The van der Waals surface area contributed by atoms with Gasteiger partial charge >= 0.3 is 0 Å². The predicted molar refractivity (Wildman–Crippen MR) is 91.1 cm³/mol. The molecule has 18 heavy (non-hydrogen) atoms. The fraction of sp³-hybridized carbons (Fsp3) is 0.0625. The van der Waals surface area contributed by atoms with Crippen molar-refractivity contribution in [2.24, 2.45) is 0 Å². The van der Waals surface area contributed by atoms with E-state index in [1.807, 2.05) is 36.4 Å². The molecule has 0 saturated carbocycles. The molecule has 0 fully saturated rings. The van der Waals surface area contributed by atoms with Crippen LogP contribution in [0.15, 0.2) is 54.6 Å². The first kappa shape index (κ1) is 13.4. The molecule has 2 aromatic carbocycles. The maximum Gasteiger partial charge on any atom is 0.0449 e. The van der Waals surface area contributed by atoms with E-state index in [1.165, 1.54) is 14.7 Å². The van der Waals surface area contributed by atoms with Gasteiger partial charge in [0.15, 0.2) is 0 Å². The summed E-state index contributed by atoms with van der Waals surface area (Å²) in [6, 6.07) is 16.5. The SMILES string of the molecule is Cc1ccc(C=CC(=S)c2ccccc2)c(I)c1. The normalized spacial score (nSPS) is 10.8. The molecular formula is C16H13IS. The topological polar surface area (TPSA) is 0 Å². The molecule has 2 heteroatoms. The molecule has 0 N–H and O–H groups in total. The Morgan fingerprint density at radius 3 is 2.50 bits per heavy atom. The van der Waals surface area contributed by atoms with E-state index in [0.717, 1.165) is 10.4 Å². The molecule has 0 atom stereocenters. The highest BCUT2D eigenvalue weighted by atomic mass is 127. The highest BCUT2D eigenvalue weighted by molar-refractivity contribution is 14.1. The molecule has 0 radical (unpaired) electrons. The zero-order valence-electron chi connectivity index (χ0n) is 10.1. The van der Waals surface area contributed by atoms with Gasteiger partial charge in [-0.25, -0.2) is 0 Å². The number of benzene rings is 2. The van der Waals surface area contributed by atoms with Gasteiger partial charge in [-0.05, 0) is 52.8 Å². The van der Waals surface area contributed by atoms with Crippen LogP contribution in [0.1, 0.15) is 16.7 Å². The van der Waals surface area contributed by atoms with Crippen LogP contribution in [0.5, 0.6) is 0 Å². The first-order chi connectivity index (χ1) is 8.66. The van der Waals surface area contributed by atoms with Crippen molar-refractivity contribution in [3.05, 3.63) is 74.9 Å². The molecule has 90 valence electrons. The molecule has 0 aliphatic rings. The van der Waals surface area contributed by atoms with E-state index in [9.17, 15) is 0 Å². The van der Waals surface area contributed by atoms with Crippen molar-refractivity contribution in [1.29, 1.82) is 0 Å². The second kappa shape index (κ2) is 6.25. The summed E-state index contributed by atoms with van der Waals surface area (Å²) in [4.78, 5) is 0.868. The first-order valence-corrected chi connectivity index (χ1v) is 7.19. The van der Waals surface area contributed by atoms with Crippen LogP contribution in [0.4, 0.5) is 0 Å². The van der Waals surface area contributed by atoms with Gasteiger partial charge in [0.2, 0.25) is 0 Å². The van der Waals surface area contributed by atoms with Crippen molar-refractivity contribution in [3.63, 3.8) is 0 Å². The lowest BCUT2D eigenvalue weighted by molar-refractivity contribution is 1.44. The third-order valence-electron chi connectivity index (χ3n) is 2.63. The van der Waals surface area contributed by atoms with Gasteiger partial charge < -0.3 is 0 Å². The summed E-state index contributed by atoms with van der Waals surface area (Å²) >= 11 is 7.75. The van der Waals surface area contributed by atoms with E-state index in [2.05, 4.69) is 53.8 Å². The third kappa shape index (κ3) is 3.50. The fourth-order valence-electron chi connectivity index (χ4n) is 1.63. The molecule has 0 bridgehead atoms. The minimum atomic E-state index is 0.868. The van der Waals surface area contributed by atoms with E-state index in [1.54, 1.807) is 0 Å². The van der Waals surface area contributed by atoms with Crippen LogP contribution in [0.25, 0.3) is 6.08 Å². The lowest BCUT2D eigenvalue weighted by atomic mass is 10.1. The van der Waals surface area contributed by atoms with E-state index in [-0.39, 0.29) is 0 Å². The van der Waals surface area contributed by atoms with Crippen LogP contribution < -0.4 is 0 Å². The number of thiocarbonyl (C=S) groups is 1. The maximum atomic E-state index is 5.40. The van der Waals surface area contributed by atoms with Crippen LogP contribution in [0.2, 0.25) is 0 Å². The van der Waals surface area contributed by atoms with Gasteiger partial charge in [0, 0.05) is 8.43 Å². The molecule has 0 saturated heterocycles. The van der Waals surface area contributed by atoms with Crippen molar-refractivity contribution in [3.8, 4) is 0 Å². The number of aryl methyl sites for hydroxylation is 1. The quantitative estimate of drug-likeness (QED) is 0.319. The zero-order valence-corrected chi connectivity index (χ0v) is 13.0. The standard InChI is InChI=1S/C16H13IS/c1-12-7-8-13(15(17)11-12)9-10-16(18)14-5-3-2-4-6-14/h2-11H,1H3. The molecule has 0 heterocycles. The average Bonchev–Trinajstić information content (AvgIpc) is 2.38. The van der Waals surface area contributed by atoms with Gasteiger partial charge in [0.1, 0.15) is 0 Å². The van der Waals surface area contributed by atoms with E-state index in [4.69, 9.17) is 12.2 Å². The van der Waals surface area contributed by atoms with Gasteiger partial charge in [-0.1, -0.05) is 66.3 Å². The molecule has 0 aliphatic heterocycles. The number of hydrogen-bond donors (Lipinski definition) is 0. The molecular weight excluding hydrogens is 351 g/mol. The highest BCUT2D eigenvalue weighted by Gasteiger charge is 1.98. The smallest absolute Gasteiger partial charge is 0.0449 e. The van der Waals surface area contributed by atoms with Crippen molar-refractivity contribution in [1.82, 2.24) is 0 Å². The van der Waals surface area contributed by atoms with Crippen LogP contribution in [-0.2, 0) is 0 Å². The van der Waals surface area contributed by atoms with Crippen molar-refractivity contribution < 1.29 is 0 Å². The first-order valence-electron chi connectivity index (χ1n) is 5.70. The summed E-state index contributed by atoms with van der Waals surface area (Å²) in [5.41, 5.74) is 3.58. The average molecular weight is 364 g/mol. The second-order valence-electron chi connectivity index (χ2n) is 4.09. The monoisotopic (exact) mass is 364 g/mol. The Labute approximate surface area is 127 Å². The van der Waals surface area contributed by atoms with Crippen LogP contribution in [0.3, 0.4) is 0 Å². The lowest BCUT2D eigenvalue weighted by Gasteiger charge is -2.01. The van der Waals surface area contributed by atoms with Crippen LogP contribution >= 0.6 is 34.8 Å². The van der Waals surface area contributed by atoms with Crippen LogP contribution in [-0.4, -0.2) is 4.86 Å². The Bertz CT molecular complexity index is 585. The van der Waals surface area contributed by atoms with Crippen molar-refractivity contribution in [2.75, 3.05) is 0 Å². The van der Waals surface area contributed by atoms with Gasteiger partial charge in [-0.2, -0.15) is 0 Å². The molecule has 2 rings (SSSR count).